The third kappa shape index (κ3) is 4.80. The highest BCUT2D eigenvalue weighted by Crippen LogP contribution is 2.26. The number of imidazole rings is 1. The van der Waals surface area contributed by atoms with Crippen LogP contribution in [0.4, 0.5) is 4.39 Å². The maximum Gasteiger partial charge on any atom is 0.233 e. The van der Waals surface area contributed by atoms with Gasteiger partial charge in [-0.1, -0.05) is 23.9 Å². The van der Waals surface area contributed by atoms with Crippen molar-refractivity contribution in [2.45, 2.75) is 37.2 Å². The standard InChI is InChI=1S/C20H22FN3O2S/c1-4-26-16-9-10-17-18(11-16)24-20(23-17)27-13(3)19(25)22-12(2)14-5-7-15(21)8-6-14/h5-13H,4H2,1-3H3,(H,22,25)(H,23,24)/t12-,13-/m0/s1. The second kappa shape index (κ2) is 8.43. The van der Waals surface area contributed by atoms with E-state index in [2.05, 4.69) is 15.3 Å². The van der Waals surface area contributed by atoms with Crippen LogP contribution in [0.2, 0.25) is 0 Å². The fourth-order valence-electron chi connectivity index (χ4n) is 2.66. The van der Waals surface area contributed by atoms with Gasteiger partial charge in [0.1, 0.15) is 11.6 Å². The van der Waals surface area contributed by atoms with E-state index in [1.54, 1.807) is 12.1 Å². The minimum atomic E-state index is -0.333. The number of benzene rings is 2. The normalized spacial score (nSPS) is 13.3. The summed E-state index contributed by atoms with van der Waals surface area (Å²) in [4.78, 5) is 20.2. The summed E-state index contributed by atoms with van der Waals surface area (Å²) < 4.78 is 18.5. The number of nitrogens with zero attached hydrogens (tertiary/aromatic N) is 1. The molecule has 7 heteroatoms. The average Bonchev–Trinajstić information content (AvgIpc) is 3.03. The van der Waals surface area contributed by atoms with Crippen LogP contribution in [-0.2, 0) is 4.79 Å². The molecule has 3 aromatic rings. The van der Waals surface area contributed by atoms with Gasteiger partial charge in [0.15, 0.2) is 5.16 Å². The van der Waals surface area contributed by atoms with E-state index in [9.17, 15) is 9.18 Å². The van der Waals surface area contributed by atoms with Gasteiger partial charge in [0.2, 0.25) is 5.91 Å². The number of carbonyl (C=O) groups is 1. The first kappa shape index (κ1) is 19.2. The third-order valence-electron chi connectivity index (χ3n) is 4.13. The summed E-state index contributed by atoms with van der Waals surface area (Å²) in [6.07, 6.45) is 0. The van der Waals surface area contributed by atoms with Crippen molar-refractivity contribution in [3.8, 4) is 5.75 Å². The van der Waals surface area contributed by atoms with Gasteiger partial charge in [0, 0.05) is 6.07 Å². The van der Waals surface area contributed by atoms with Crippen LogP contribution in [-0.4, -0.2) is 27.7 Å². The number of H-pyrrole nitrogens is 1. The zero-order chi connectivity index (χ0) is 19.4. The Labute approximate surface area is 161 Å². The smallest absolute Gasteiger partial charge is 0.233 e. The number of carbonyl (C=O) groups excluding carboxylic acids is 1. The van der Waals surface area contributed by atoms with Gasteiger partial charge in [-0.15, -0.1) is 0 Å². The lowest BCUT2D eigenvalue weighted by Gasteiger charge is -2.17. The van der Waals surface area contributed by atoms with E-state index < -0.39 is 0 Å². The number of halogens is 1. The van der Waals surface area contributed by atoms with Crippen LogP contribution in [0.15, 0.2) is 47.6 Å². The number of thioether (sulfide) groups is 1. The summed E-state index contributed by atoms with van der Waals surface area (Å²) in [7, 11) is 0. The van der Waals surface area contributed by atoms with Crippen LogP contribution in [0.3, 0.4) is 0 Å². The molecule has 0 bridgehead atoms. The van der Waals surface area contributed by atoms with E-state index in [0.717, 1.165) is 22.3 Å². The first-order valence-electron chi connectivity index (χ1n) is 8.81. The molecule has 3 rings (SSSR count). The van der Waals surface area contributed by atoms with Gasteiger partial charge >= 0.3 is 0 Å². The molecule has 0 aliphatic carbocycles. The molecule has 0 unspecified atom stereocenters. The number of amides is 1. The summed E-state index contributed by atoms with van der Waals surface area (Å²) in [5.74, 6) is 0.384. The molecule has 0 fully saturated rings. The highest BCUT2D eigenvalue weighted by atomic mass is 32.2. The molecular weight excluding hydrogens is 365 g/mol. The Morgan fingerprint density at radius 1 is 1.26 bits per heavy atom. The lowest BCUT2D eigenvalue weighted by atomic mass is 10.1. The Morgan fingerprint density at radius 2 is 2.00 bits per heavy atom. The van der Waals surface area contributed by atoms with Crippen LogP contribution in [0, 0.1) is 5.82 Å². The van der Waals surface area contributed by atoms with Crippen molar-refractivity contribution >= 4 is 28.7 Å². The molecule has 0 aliphatic rings. The molecule has 2 atom stereocenters. The maximum absolute atomic E-state index is 13.0. The van der Waals surface area contributed by atoms with E-state index in [4.69, 9.17) is 4.74 Å². The van der Waals surface area contributed by atoms with Gasteiger partial charge < -0.3 is 15.0 Å². The molecule has 2 aromatic carbocycles. The van der Waals surface area contributed by atoms with Gasteiger partial charge in [-0.2, -0.15) is 0 Å². The van der Waals surface area contributed by atoms with E-state index in [1.165, 1.54) is 23.9 Å². The Bertz CT molecular complexity index is 927. The Hall–Kier alpha value is -2.54. The SMILES string of the molecule is CCOc1ccc2nc(S[C@@H](C)C(=O)N[C@@H](C)c3ccc(F)cc3)[nH]c2c1. The molecule has 1 heterocycles. The third-order valence-corrected chi connectivity index (χ3v) is 5.11. The Kier molecular flexibility index (Phi) is 6.01. The molecule has 0 radical (unpaired) electrons. The fraction of sp³-hybridized carbons (Fsp3) is 0.300. The van der Waals surface area contributed by atoms with Crippen LogP contribution < -0.4 is 10.1 Å². The largest absolute Gasteiger partial charge is 0.494 e. The molecule has 2 N–H and O–H groups in total. The molecule has 5 nitrogen and oxygen atoms in total. The number of fused-ring (bicyclic) bond motifs is 1. The molecule has 1 amide bonds. The second-order valence-corrected chi connectivity index (χ2v) is 7.53. The van der Waals surface area contributed by atoms with Crippen LogP contribution in [0.5, 0.6) is 5.75 Å². The number of hydrogen-bond donors (Lipinski definition) is 2. The number of rotatable bonds is 7. The van der Waals surface area contributed by atoms with E-state index in [0.29, 0.717) is 11.8 Å². The number of nitrogens with one attached hydrogen (secondary N) is 2. The molecule has 142 valence electrons. The maximum atomic E-state index is 13.0. The highest BCUT2D eigenvalue weighted by molar-refractivity contribution is 8.00. The minimum Gasteiger partial charge on any atom is -0.494 e. The fourth-order valence-corrected chi connectivity index (χ4v) is 3.49. The van der Waals surface area contributed by atoms with Crippen LogP contribution >= 0.6 is 11.8 Å². The van der Waals surface area contributed by atoms with Crippen LogP contribution in [0.1, 0.15) is 32.4 Å². The van der Waals surface area contributed by atoms with Gasteiger partial charge in [-0.25, -0.2) is 9.37 Å². The van der Waals surface area contributed by atoms with E-state index >= 15 is 0 Å². The highest BCUT2D eigenvalue weighted by Gasteiger charge is 2.19. The molecule has 1 aromatic heterocycles. The first-order chi connectivity index (χ1) is 13.0. The van der Waals surface area contributed by atoms with E-state index in [1.807, 2.05) is 39.0 Å². The average molecular weight is 387 g/mol. The number of ether oxygens (including phenoxy) is 1. The van der Waals surface area contributed by atoms with Crippen molar-refractivity contribution in [1.29, 1.82) is 0 Å². The minimum absolute atomic E-state index is 0.104. The van der Waals surface area contributed by atoms with Gasteiger partial charge in [-0.05, 0) is 50.6 Å². The zero-order valence-corrected chi connectivity index (χ0v) is 16.3. The molecule has 0 spiro atoms. The van der Waals surface area contributed by atoms with Gasteiger partial charge in [0.25, 0.3) is 0 Å². The van der Waals surface area contributed by atoms with Crippen molar-refractivity contribution in [2.24, 2.45) is 0 Å². The zero-order valence-electron chi connectivity index (χ0n) is 15.5. The quantitative estimate of drug-likeness (QED) is 0.588. The summed E-state index contributed by atoms with van der Waals surface area (Å²) >= 11 is 1.36. The number of aromatic nitrogens is 2. The summed E-state index contributed by atoms with van der Waals surface area (Å²) in [5, 5.41) is 3.29. The van der Waals surface area contributed by atoms with Gasteiger partial charge in [0.05, 0.1) is 28.9 Å². The number of aromatic amines is 1. The lowest BCUT2D eigenvalue weighted by molar-refractivity contribution is -0.120. The van der Waals surface area contributed by atoms with Crippen molar-refractivity contribution < 1.29 is 13.9 Å². The molecule has 0 aliphatic heterocycles. The Morgan fingerprint density at radius 3 is 2.70 bits per heavy atom. The predicted molar refractivity (Wildman–Crippen MR) is 106 cm³/mol. The molecule has 0 saturated carbocycles. The van der Waals surface area contributed by atoms with Crippen molar-refractivity contribution in [3.05, 3.63) is 53.8 Å². The molecular formula is C20H22FN3O2S. The summed E-state index contributed by atoms with van der Waals surface area (Å²) in [6, 6.07) is 11.6. The topological polar surface area (TPSA) is 67.0 Å². The monoisotopic (exact) mass is 387 g/mol. The predicted octanol–water partition coefficient (Wildman–Crippen LogP) is 4.46. The van der Waals surface area contributed by atoms with Crippen molar-refractivity contribution in [3.63, 3.8) is 0 Å². The van der Waals surface area contributed by atoms with Crippen LogP contribution in [0.25, 0.3) is 11.0 Å². The van der Waals surface area contributed by atoms with Crippen molar-refractivity contribution in [1.82, 2.24) is 15.3 Å². The summed E-state index contributed by atoms with van der Waals surface area (Å²) in [6.45, 7) is 6.24. The lowest BCUT2D eigenvalue weighted by Crippen LogP contribution is -2.33. The first-order valence-corrected chi connectivity index (χ1v) is 9.69. The number of hydrogen-bond acceptors (Lipinski definition) is 4. The second-order valence-electron chi connectivity index (χ2n) is 6.20. The summed E-state index contributed by atoms with van der Waals surface area (Å²) in [5.41, 5.74) is 2.55. The van der Waals surface area contributed by atoms with E-state index in [-0.39, 0.29) is 23.0 Å². The van der Waals surface area contributed by atoms with Crippen molar-refractivity contribution in [2.75, 3.05) is 6.61 Å². The Balaban J connectivity index is 1.63. The molecule has 0 saturated heterocycles. The van der Waals surface area contributed by atoms with Gasteiger partial charge in [-0.3, -0.25) is 4.79 Å². The molecule has 27 heavy (non-hydrogen) atoms.